The largest absolute Gasteiger partial charge is 0.496 e. The van der Waals surface area contributed by atoms with E-state index in [1.807, 2.05) is 42.5 Å². The first-order valence-corrected chi connectivity index (χ1v) is 15.5. The lowest BCUT2D eigenvalue weighted by Crippen LogP contribution is -2.42. The quantitative estimate of drug-likeness (QED) is 0.206. The second kappa shape index (κ2) is 12.5. The number of methoxy groups -OCH3 is 2. The third-order valence-electron chi connectivity index (χ3n) is 9.65. The number of piperidine rings is 1. The fourth-order valence-electron chi connectivity index (χ4n) is 6.83. The summed E-state index contributed by atoms with van der Waals surface area (Å²) in [5.74, 6) is -1.21. The highest BCUT2D eigenvalue weighted by Crippen LogP contribution is 2.54. The van der Waals surface area contributed by atoms with E-state index in [1.165, 1.54) is 37.8 Å². The number of halogens is 1. The highest BCUT2D eigenvalue weighted by molar-refractivity contribution is 6.02. The molecule has 8 heteroatoms. The summed E-state index contributed by atoms with van der Waals surface area (Å²) in [4.78, 5) is 27.8. The number of aliphatic carboxylic acids is 1. The maximum absolute atomic E-state index is 14.5. The van der Waals surface area contributed by atoms with Gasteiger partial charge in [-0.3, -0.25) is 9.69 Å². The average Bonchev–Trinajstić information content (AvgIpc) is 3.80. The Kier molecular flexibility index (Phi) is 8.51. The van der Waals surface area contributed by atoms with Crippen LogP contribution in [0.2, 0.25) is 0 Å². The van der Waals surface area contributed by atoms with E-state index in [1.54, 1.807) is 27.2 Å². The van der Waals surface area contributed by atoms with Crippen molar-refractivity contribution in [2.24, 2.45) is 5.41 Å². The molecule has 0 bridgehead atoms. The minimum absolute atomic E-state index is 0.0140. The number of carbonyl (C=O) groups is 2. The molecule has 6 rings (SSSR count). The van der Waals surface area contributed by atoms with Crippen LogP contribution in [0, 0.1) is 18.2 Å². The normalized spacial score (nSPS) is 16.4. The first-order chi connectivity index (χ1) is 21.7. The SMILES string of the molecule is COc1ccc(CN2CCC3(CC2)CC3)c(OC)c1-c1cccc2c(C[C@H](NC(=O)c3c(C)cccc3F)C(=O)O)cccc12. The number of ether oxygens (including phenoxy) is 2. The van der Waals surface area contributed by atoms with Crippen LogP contribution in [-0.4, -0.2) is 55.2 Å². The number of nitrogens with zero attached hydrogens (tertiary/aromatic N) is 1. The Bertz CT molecular complexity index is 1740. The van der Waals surface area contributed by atoms with E-state index in [0.717, 1.165) is 58.4 Å². The van der Waals surface area contributed by atoms with Crippen LogP contribution in [0.5, 0.6) is 11.5 Å². The molecule has 1 saturated heterocycles. The topological polar surface area (TPSA) is 88.1 Å². The van der Waals surface area contributed by atoms with E-state index in [-0.39, 0.29) is 12.0 Å². The van der Waals surface area contributed by atoms with Crippen molar-refractivity contribution in [1.29, 1.82) is 0 Å². The molecule has 1 amide bonds. The van der Waals surface area contributed by atoms with E-state index in [9.17, 15) is 19.1 Å². The summed E-state index contributed by atoms with van der Waals surface area (Å²) in [5, 5.41) is 14.4. The van der Waals surface area contributed by atoms with Gasteiger partial charge < -0.3 is 19.9 Å². The molecule has 2 N–H and O–H groups in total. The maximum atomic E-state index is 14.5. The molecule has 0 aromatic heterocycles. The molecule has 0 unspecified atom stereocenters. The Morgan fingerprint density at radius 3 is 2.29 bits per heavy atom. The first kappa shape index (κ1) is 30.6. The van der Waals surface area contributed by atoms with E-state index in [0.29, 0.717) is 16.7 Å². The fraction of sp³-hybridized carbons (Fsp3) is 0.351. The monoisotopic (exact) mass is 610 g/mol. The molecule has 7 nitrogen and oxygen atoms in total. The number of carbonyl (C=O) groups excluding carboxylic acids is 1. The summed E-state index contributed by atoms with van der Waals surface area (Å²) in [6.07, 6.45) is 5.25. The highest BCUT2D eigenvalue weighted by atomic mass is 19.1. The van der Waals surface area contributed by atoms with E-state index < -0.39 is 23.7 Å². The number of rotatable bonds is 10. The number of aryl methyl sites for hydroxylation is 1. The van der Waals surface area contributed by atoms with Crippen LogP contribution in [0.15, 0.2) is 66.7 Å². The predicted molar refractivity (Wildman–Crippen MR) is 172 cm³/mol. The fourth-order valence-corrected chi connectivity index (χ4v) is 6.83. The first-order valence-electron chi connectivity index (χ1n) is 15.5. The second-order valence-electron chi connectivity index (χ2n) is 12.4. The number of carboxylic acids is 1. The summed E-state index contributed by atoms with van der Waals surface area (Å²) >= 11 is 0. The summed E-state index contributed by atoms with van der Waals surface area (Å²) in [6, 6.07) is 18.8. The minimum atomic E-state index is -1.27. The van der Waals surface area contributed by atoms with Gasteiger partial charge in [-0.2, -0.15) is 0 Å². The Labute approximate surface area is 263 Å². The molecule has 234 valence electrons. The Morgan fingerprint density at radius 1 is 0.911 bits per heavy atom. The van der Waals surface area contributed by atoms with Gasteiger partial charge in [-0.1, -0.05) is 54.6 Å². The van der Waals surface area contributed by atoms with Crippen LogP contribution < -0.4 is 14.8 Å². The minimum Gasteiger partial charge on any atom is -0.496 e. The van der Waals surface area contributed by atoms with Crippen LogP contribution in [0.1, 0.15) is 52.7 Å². The van der Waals surface area contributed by atoms with Gasteiger partial charge in [-0.15, -0.1) is 0 Å². The van der Waals surface area contributed by atoms with Gasteiger partial charge in [0.05, 0.1) is 25.3 Å². The number of nitrogens with one attached hydrogen (secondary N) is 1. The molecule has 1 saturated carbocycles. The molecule has 2 fully saturated rings. The maximum Gasteiger partial charge on any atom is 0.326 e. The van der Waals surface area contributed by atoms with Gasteiger partial charge in [0.1, 0.15) is 23.4 Å². The Balaban J connectivity index is 1.34. The number of amides is 1. The lowest BCUT2D eigenvalue weighted by molar-refractivity contribution is -0.139. The molecule has 0 radical (unpaired) electrons. The lowest BCUT2D eigenvalue weighted by atomic mass is 9.91. The Morgan fingerprint density at radius 2 is 1.62 bits per heavy atom. The van der Waals surface area contributed by atoms with Crippen molar-refractivity contribution in [2.45, 2.75) is 51.6 Å². The predicted octanol–water partition coefficient (Wildman–Crippen LogP) is 6.77. The molecular formula is C37H39FN2O5. The summed E-state index contributed by atoms with van der Waals surface area (Å²) in [5.41, 5.74) is 4.45. The zero-order valence-electron chi connectivity index (χ0n) is 26.0. The number of fused-ring (bicyclic) bond motifs is 1. The molecule has 2 aliphatic rings. The number of hydrogen-bond donors (Lipinski definition) is 2. The number of benzene rings is 4. The van der Waals surface area contributed by atoms with Crippen LogP contribution >= 0.6 is 0 Å². The van der Waals surface area contributed by atoms with Crippen molar-refractivity contribution in [3.05, 3.63) is 94.8 Å². The highest BCUT2D eigenvalue weighted by Gasteiger charge is 2.44. The molecule has 1 spiro atoms. The van der Waals surface area contributed by atoms with E-state index in [2.05, 4.69) is 16.3 Å². The molecule has 4 aromatic carbocycles. The van der Waals surface area contributed by atoms with Gasteiger partial charge in [0.25, 0.3) is 5.91 Å². The van der Waals surface area contributed by atoms with Crippen molar-refractivity contribution >= 4 is 22.6 Å². The molecule has 4 aromatic rings. The number of likely N-dealkylation sites (tertiary alicyclic amines) is 1. The average molecular weight is 611 g/mol. The summed E-state index contributed by atoms with van der Waals surface area (Å²) in [7, 11) is 3.33. The standard InChI is InChI=1S/C37H39FN2O5/c1-23-7-4-12-29(38)32(23)35(41)39-30(36(42)43)21-24-8-5-10-27-26(24)9-6-11-28(27)33-31(44-2)14-13-25(34(33)45-3)22-40-19-17-37(15-16-37)18-20-40/h4-14,30H,15-22H2,1-3H3,(H,39,41)(H,42,43)/t30-/m0/s1. The van der Waals surface area contributed by atoms with Crippen LogP contribution in [0.4, 0.5) is 4.39 Å². The molecule has 1 heterocycles. The van der Waals surface area contributed by atoms with Gasteiger partial charge in [0.2, 0.25) is 0 Å². The van der Waals surface area contributed by atoms with Gasteiger partial charge in [0, 0.05) is 18.5 Å². The lowest BCUT2D eigenvalue weighted by Gasteiger charge is -2.32. The Hall–Kier alpha value is -4.43. The van der Waals surface area contributed by atoms with Gasteiger partial charge in [-0.25, -0.2) is 9.18 Å². The van der Waals surface area contributed by atoms with E-state index >= 15 is 0 Å². The molecular weight excluding hydrogens is 571 g/mol. The third-order valence-corrected chi connectivity index (χ3v) is 9.65. The van der Waals surface area contributed by atoms with Crippen molar-refractivity contribution in [3.8, 4) is 22.6 Å². The summed E-state index contributed by atoms with van der Waals surface area (Å²) in [6.45, 7) is 4.57. The second-order valence-corrected chi connectivity index (χ2v) is 12.4. The number of hydrogen-bond acceptors (Lipinski definition) is 5. The third kappa shape index (κ3) is 6.12. The van der Waals surface area contributed by atoms with Gasteiger partial charge >= 0.3 is 5.97 Å². The van der Waals surface area contributed by atoms with Gasteiger partial charge in [-0.05, 0) is 90.7 Å². The van der Waals surface area contributed by atoms with Crippen LogP contribution in [0.25, 0.3) is 21.9 Å². The van der Waals surface area contributed by atoms with Crippen molar-refractivity contribution < 1.29 is 28.6 Å². The molecule has 45 heavy (non-hydrogen) atoms. The van der Waals surface area contributed by atoms with E-state index in [4.69, 9.17) is 9.47 Å². The summed E-state index contributed by atoms with van der Waals surface area (Å²) < 4.78 is 26.4. The van der Waals surface area contributed by atoms with Crippen molar-refractivity contribution in [2.75, 3.05) is 27.3 Å². The van der Waals surface area contributed by atoms with Crippen molar-refractivity contribution in [3.63, 3.8) is 0 Å². The van der Waals surface area contributed by atoms with Crippen LogP contribution in [0.3, 0.4) is 0 Å². The molecule has 1 atom stereocenters. The zero-order valence-corrected chi connectivity index (χ0v) is 26.0. The molecule has 1 aliphatic heterocycles. The van der Waals surface area contributed by atoms with Crippen molar-refractivity contribution in [1.82, 2.24) is 10.2 Å². The zero-order chi connectivity index (χ0) is 31.7. The van der Waals surface area contributed by atoms with Gasteiger partial charge in [0.15, 0.2) is 0 Å². The van der Waals surface area contributed by atoms with Crippen LogP contribution in [-0.2, 0) is 17.8 Å². The molecule has 1 aliphatic carbocycles. The number of carboxylic acid groups (broad SMARTS) is 1. The smallest absolute Gasteiger partial charge is 0.326 e.